The van der Waals surface area contributed by atoms with Crippen molar-refractivity contribution in [3.8, 4) is 0 Å². The van der Waals surface area contributed by atoms with Gasteiger partial charge in [0.25, 0.3) is 0 Å². The van der Waals surface area contributed by atoms with E-state index in [0.717, 1.165) is 0 Å². The second-order valence-corrected chi connectivity index (χ2v) is 5.24. The van der Waals surface area contributed by atoms with Crippen molar-refractivity contribution in [2.24, 2.45) is 5.73 Å². The first kappa shape index (κ1) is 14.2. The summed E-state index contributed by atoms with van der Waals surface area (Å²) in [4.78, 5) is 0. The molecule has 1 rings (SSSR count). The first-order valence-electron chi connectivity index (χ1n) is 5.13. The number of halogens is 3. The molecule has 96 valence electrons. The predicted octanol–water partition coefficient (Wildman–Crippen LogP) is 2.21. The molecule has 6 heteroatoms. The highest BCUT2D eigenvalue weighted by molar-refractivity contribution is 7.84. The molecule has 1 aromatic carbocycles. The van der Waals surface area contributed by atoms with Gasteiger partial charge in [-0.25, -0.2) is 0 Å². The van der Waals surface area contributed by atoms with Crippen LogP contribution in [0.5, 0.6) is 0 Å². The zero-order valence-corrected chi connectivity index (χ0v) is 9.93. The van der Waals surface area contributed by atoms with Crippen molar-refractivity contribution in [3.05, 3.63) is 35.9 Å². The van der Waals surface area contributed by atoms with Gasteiger partial charge in [0.2, 0.25) is 0 Å². The van der Waals surface area contributed by atoms with Crippen LogP contribution in [0.25, 0.3) is 0 Å². The summed E-state index contributed by atoms with van der Waals surface area (Å²) in [5, 5.41) is -1.84. The second-order valence-electron chi connectivity index (χ2n) is 3.62. The van der Waals surface area contributed by atoms with Crippen molar-refractivity contribution in [1.29, 1.82) is 0 Å². The standard InChI is InChI=1S/C11H14F3NOS/c12-11(13,14)10(6-7-15)17(16)8-9-4-2-1-3-5-9/h1-5,10H,6-8,15H2. The van der Waals surface area contributed by atoms with Crippen LogP contribution in [0.4, 0.5) is 13.2 Å². The van der Waals surface area contributed by atoms with E-state index < -0.39 is 22.2 Å². The van der Waals surface area contributed by atoms with Gasteiger partial charge in [-0.05, 0) is 18.5 Å². The molecular weight excluding hydrogens is 251 g/mol. The molecule has 2 nitrogen and oxygen atoms in total. The molecule has 0 aliphatic rings. The highest BCUT2D eigenvalue weighted by Crippen LogP contribution is 2.28. The van der Waals surface area contributed by atoms with E-state index >= 15 is 0 Å². The number of nitrogens with two attached hydrogens (primary N) is 1. The van der Waals surface area contributed by atoms with Crippen molar-refractivity contribution in [1.82, 2.24) is 0 Å². The van der Waals surface area contributed by atoms with Crippen LogP contribution >= 0.6 is 0 Å². The summed E-state index contributed by atoms with van der Waals surface area (Å²) in [6.07, 6.45) is -4.76. The van der Waals surface area contributed by atoms with E-state index in [0.29, 0.717) is 5.56 Å². The SMILES string of the molecule is NCCC(S(=O)Cc1ccccc1)C(F)(F)F. The summed E-state index contributed by atoms with van der Waals surface area (Å²) in [5.74, 6) is -0.0922. The lowest BCUT2D eigenvalue weighted by Crippen LogP contribution is -2.35. The molecule has 0 bridgehead atoms. The van der Waals surface area contributed by atoms with E-state index in [1.807, 2.05) is 0 Å². The molecule has 0 radical (unpaired) electrons. The summed E-state index contributed by atoms with van der Waals surface area (Å²) in [5.41, 5.74) is 5.76. The highest BCUT2D eigenvalue weighted by atomic mass is 32.2. The summed E-state index contributed by atoms with van der Waals surface area (Å²) in [6.45, 7) is -0.120. The van der Waals surface area contributed by atoms with E-state index in [9.17, 15) is 17.4 Å². The molecule has 0 spiro atoms. The molecule has 0 aliphatic heterocycles. The Bertz CT molecular complexity index is 367. The zero-order chi connectivity index (χ0) is 12.9. The molecule has 2 unspecified atom stereocenters. The quantitative estimate of drug-likeness (QED) is 0.887. The smallest absolute Gasteiger partial charge is 0.330 e. The highest BCUT2D eigenvalue weighted by Gasteiger charge is 2.42. The normalized spacial score (nSPS) is 15.5. The average Bonchev–Trinajstić information content (AvgIpc) is 2.25. The fourth-order valence-corrected chi connectivity index (χ4v) is 2.85. The Morgan fingerprint density at radius 1 is 1.24 bits per heavy atom. The van der Waals surface area contributed by atoms with Crippen molar-refractivity contribution in [2.75, 3.05) is 6.54 Å². The fourth-order valence-electron chi connectivity index (χ4n) is 1.43. The van der Waals surface area contributed by atoms with Crippen molar-refractivity contribution >= 4 is 10.8 Å². The Morgan fingerprint density at radius 2 is 1.82 bits per heavy atom. The molecule has 0 saturated carbocycles. The van der Waals surface area contributed by atoms with Crippen LogP contribution in [0, 0.1) is 0 Å². The molecule has 2 atom stereocenters. The van der Waals surface area contributed by atoms with Crippen LogP contribution in [0.2, 0.25) is 0 Å². The third-order valence-corrected chi connectivity index (χ3v) is 4.02. The molecule has 1 aromatic rings. The first-order valence-corrected chi connectivity index (χ1v) is 6.51. The third kappa shape index (κ3) is 4.47. The number of hydrogen-bond acceptors (Lipinski definition) is 2. The minimum atomic E-state index is -4.46. The van der Waals surface area contributed by atoms with Crippen molar-refractivity contribution in [2.45, 2.75) is 23.6 Å². The molecule has 0 heterocycles. The van der Waals surface area contributed by atoms with E-state index in [1.165, 1.54) is 0 Å². The Hall–Kier alpha value is -0.880. The van der Waals surface area contributed by atoms with Gasteiger partial charge < -0.3 is 5.73 Å². The van der Waals surface area contributed by atoms with Gasteiger partial charge >= 0.3 is 6.18 Å². The third-order valence-electron chi connectivity index (χ3n) is 2.26. The van der Waals surface area contributed by atoms with E-state index in [1.54, 1.807) is 30.3 Å². The second kappa shape index (κ2) is 6.16. The van der Waals surface area contributed by atoms with Crippen LogP contribution in [-0.2, 0) is 16.6 Å². The summed E-state index contributed by atoms with van der Waals surface area (Å²) < 4.78 is 49.5. The molecule has 0 aromatic heterocycles. The van der Waals surface area contributed by atoms with Gasteiger partial charge in [-0.3, -0.25) is 4.21 Å². The van der Waals surface area contributed by atoms with Gasteiger partial charge in [-0.15, -0.1) is 0 Å². The fraction of sp³-hybridized carbons (Fsp3) is 0.455. The Kier molecular flexibility index (Phi) is 5.14. The Balaban J connectivity index is 2.73. The Labute approximate surface area is 100 Å². The lowest BCUT2D eigenvalue weighted by atomic mass is 10.2. The van der Waals surface area contributed by atoms with Crippen LogP contribution in [0.3, 0.4) is 0 Å². The maximum Gasteiger partial charge on any atom is 0.403 e. The lowest BCUT2D eigenvalue weighted by Gasteiger charge is -2.19. The monoisotopic (exact) mass is 265 g/mol. The molecule has 0 fully saturated rings. The molecule has 0 aliphatic carbocycles. The number of rotatable bonds is 5. The number of hydrogen-bond donors (Lipinski definition) is 1. The van der Waals surface area contributed by atoms with Crippen molar-refractivity contribution < 1.29 is 17.4 Å². The molecule has 0 saturated heterocycles. The van der Waals surface area contributed by atoms with Gasteiger partial charge in [-0.2, -0.15) is 13.2 Å². The van der Waals surface area contributed by atoms with Crippen LogP contribution in [0.15, 0.2) is 30.3 Å². The van der Waals surface area contributed by atoms with Gasteiger partial charge in [-0.1, -0.05) is 30.3 Å². The average molecular weight is 265 g/mol. The topological polar surface area (TPSA) is 43.1 Å². The van der Waals surface area contributed by atoms with Gasteiger partial charge in [0, 0.05) is 16.6 Å². The maximum atomic E-state index is 12.6. The summed E-state index contributed by atoms with van der Waals surface area (Å²) in [7, 11) is -1.98. The predicted molar refractivity (Wildman–Crippen MR) is 61.8 cm³/mol. The lowest BCUT2D eigenvalue weighted by molar-refractivity contribution is -0.130. The zero-order valence-electron chi connectivity index (χ0n) is 9.11. The molecule has 17 heavy (non-hydrogen) atoms. The number of benzene rings is 1. The molecule has 2 N–H and O–H groups in total. The van der Waals surface area contributed by atoms with E-state index in [2.05, 4.69) is 0 Å². The summed E-state index contributed by atoms with van der Waals surface area (Å²) in [6, 6.07) is 8.49. The molecular formula is C11H14F3NOS. The van der Waals surface area contributed by atoms with Crippen LogP contribution in [0.1, 0.15) is 12.0 Å². The van der Waals surface area contributed by atoms with E-state index in [4.69, 9.17) is 5.73 Å². The summed E-state index contributed by atoms with van der Waals surface area (Å²) >= 11 is 0. The minimum Gasteiger partial charge on any atom is -0.330 e. The number of alkyl halides is 3. The van der Waals surface area contributed by atoms with Crippen LogP contribution < -0.4 is 5.73 Å². The maximum absolute atomic E-state index is 12.6. The van der Waals surface area contributed by atoms with Gasteiger partial charge in [0.1, 0.15) is 5.25 Å². The first-order chi connectivity index (χ1) is 7.95. The van der Waals surface area contributed by atoms with Gasteiger partial charge in [0.05, 0.1) is 0 Å². The van der Waals surface area contributed by atoms with Gasteiger partial charge in [0.15, 0.2) is 0 Å². The largest absolute Gasteiger partial charge is 0.403 e. The Morgan fingerprint density at radius 3 is 2.29 bits per heavy atom. The minimum absolute atomic E-state index is 0.0922. The van der Waals surface area contributed by atoms with Crippen molar-refractivity contribution in [3.63, 3.8) is 0 Å². The van der Waals surface area contributed by atoms with E-state index in [-0.39, 0.29) is 18.7 Å². The van der Waals surface area contributed by atoms with Crippen LogP contribution in [-0.4, -0.2) is 22.2 Å². The molecule has 0 amide bonds.